The number of alkyl halides is 1. The van der Waals surface area contributed by atoms with E-state index in [-0.39, 0.29) is 18.2 Å². The molecule has 2 nitrogen and oxygen atoms in total. The van der Waals surface area contributed by atoms with E-state index in [0.29, 0.717) is 6.42 Å². The summed E-state index contributed by atoms with van der Waals surface area (Å²) >= 11 is 5.11. The van der Waals surface area contributed by atoms with Gasteiger partial charge in [-0.25, -0.2) is 0 Å². The first kappa shape index (κ1) is 16.6. The van der Waals surface area contributed by atoms with Crippen LogP contribution in [0.2, 0.25) is 0 Å². The summed E-state index contributed by atoms with van der Waals surface area (Å²) < 4.78 is 1.19. The molecule has 2 aromatic rings. The van der Waals surface area contributed by atoms with Crippen LogP contribution in [0.1, 0.15) is 21.7 Å². The summed E-state index contributed by atoms with van der Waals surface area (Å²) in [6.45, 7) is 0.800. The highest BCUT2D eigenvalue weighted by Gasteiger charge is 2.17. The summed E-state index contributed by atoms with van der Waals surface area (Å²) in [5, 5.41) is 1.94. The zero-order chi connectivity index (χ0) is 13.1. The summed E-state index contributed by atoms with van der Waals surface area (Å²) in [4.78, 5) is 15.2. The zero-order valence-electron chi connectivity index (χ0n) is 11.0. The summed E-state index contributed by atoms with van der Waals surface area (Å²) in [7, 11) is 3.98. The van der Waals surface area contributed by atoms with Crippen molar-refractivity contribution in [2.45, 2.75) is 11.8 Å². The predicted octanol–water partition coefficient (Wildman–Crippen LogP) is 4.35. The second-order valence-corrected chi connectivity index (χ2v) is 6.13. The maximum absolute atomic E-state index is 12.3. The van der Waals surface area contributed by atoms with Crippen molar-refractivity contribution in [2.24, 2.45) is 0 Å². The van der Waals surface area contributed by atoms with E-state index in [4.69, 9.17) is 0 Å². The fourth-order valence-electron chi connectivity index (χ4n) is 1.90. The topological polar surface area (TPSA) is 20.3 Å². The third-order valence-electron chi connectivity index (χ3n) is 2.87. The van der Waals surface area contributed by atoms with Gasteiger partial charge in [-0.1, -0.05) is 34.1 Å². The second kappa shape index (κ2) is 7.39. The molecule has 0 atom stereocenters. The number of hydrogen-bond donors (Lipinski definition) is 0. The van der Waals surface area contributed by atoms with Crippen molar-refractivity contribution in [3.8, 4) is 0 Å². The number of carbonyl (C=O) groups is 1. The third-order valence-corrected chi connectivity index (χ3v) is 4.69. The lowest BCUT2D eigenvalue weighted by Crippen LogP contribution is -2.16. The van der Waals surface area contributed by atoms with Gasteiger partial charge in [0.05, 0.1) is 4.88 Å². The van der Waals surface area contributed by atoms with Gasteiger partial charge in [0.25, 0.3) is 0 Å². The van der Waals surface area contributed by atoms with Gasteiger partial charge < -0.3 is 4.90 Å². The molecular weight excluding hydrogens is 346 g/mol. The molecule has 2 rings (SSSR count). The lowest BCUT2D eigenvalue weighted by Gasteiger charge is -2.08. The first-order valence-electron chi connectivity index (χ1n) is 5.87. The van der Waals surface area contributed by atoms with E-state index in [2.05, 4.69) is 28.1 Å². The molecule has 104 valence electrons. The summed E-state index contributed by atoms with van der Waals surface area (Å²) in [5.41, 5.74) is 1.14. The number of Topliss-reactive ketones (excluding diaryl/α,β-unsaturated/α-hetero) is 1. The number of rotatable bonds is 5. The van der Waals surface area contributed by atoms with E-state index in [1.807, 2.05) is 31.1 Å². The molecule has 0 radical (unpaired) electrons. The van der Waals surface area contributed by atoms with Gasteiger partial charge in [-0.05, 0) is 31.1 Å². The summed E-state index contributed by atoms with van der Waals surface area (Å²) in [6.07, 6.45) is 0.583. The number of ketones is 1. The first-order valence-corrected chi connectivity index (χ1v) is 7.81. The molecule has 0 saturated carbocycles. The number of fused-ring (bicyclic) bond motifs is 1. The predicted molar refractivity (Wildman–Crippen MR) is 89.2 cm³/mol. The standard InChI is InChI=1S/C14H16BrNOS.ClH/c1-16(2)8-7-12(17)14-11(9-15)10-5-3-4-6-13(10)18-14;/h3-6H,7-9H2,1-2H3;1H. The lowest BCUT2D eigenvalue weighted by atomic mass is 10.1. The van der Waals surface area contributed by atoms with E-state index in [0.717, 1.165) is 22.3 Å². The Labute approximate surface area is 132 Å². The average molecular weight is 363 g/mol. The number of benzene rings is 1. The van der Waals surface area contributed by atoms with Crippen LogP contribution in [-0.4, -0.2) is 31.3 Å². The maximum Gasteiger partial charge on any atom is 0.174 e. The maximum atomic E-state index is 12.3. The van der Waals surface area contributed by atoms with Crippen LogP contribution in [0.25, 0.3) is 10.1 Å². The van der Waals surface area contributed by atoms with Crippen molar-refractivity contribution >= 4 is 55.5 Å². The van der Waals surface area contributed by atoms with E-state index in [9.17, 15) is 4.79 Å². The van der Waals surface area contributed by atoms with Crippen LogP contribution in [0.5, 0.6) is 0 Å². The Balaban J connectivity index is 0.00000180. The van der Waals surface area contributed by atoms with Gasteiger partial charge in [-0.3, -0.25) is 4.79 Å². The van der Waals surface area contributed by atoms with Gasteiger partial charge in [0, 0.05) is 23.0 Å². The Kier molecular flexibility index (Phi) is 6.47. The molecule has 0 bridgehead atoms. The summed E-state index contributed by atoms with van der Waals surface area (Å²) in [6, 6.07) is 8.21. The second-order valence-electron chi connectivity index (χ2n) is 4.52. The minimum atomic E-state index is 0. The van der Waals surface area contributed by atoms with Gasteiger partial charge >= 0.3 is 0 Å². The van der Waals surface area contributed by atoms with Gasteiger partial charge in [0.15, 0.2) is 5.78 Å². The smallest absolute Gasteiger partial charge is 0.174 e. The fraction of sp³-hybridized carbons (Fsp3) is 0.357. The van der Waals surface area contributed by atoms with Gasteiger partial charge in [0.2, 0.25) is 0 Å². The molecule has 1 aromatic carbocycles. The highest BCUT2D eigenvalue weighted by molar-refractivity contribution is 9.08. The largest absolute Gasteiger partial charge is 0.309 e. The van der Waals surface area contributed by atoms with Crippen molar-refractivity contribution in [1.29, 1.82) is 0 Å². The molecule has 5 heteroatoms. The van der Waals surface area contributed by atoms with E-state index < -0.39 is 0 Å². The molecule has 0 amide bonds. The Morgan fingerprint density at radius 1 is 1.32 bits per heavy atom. The van der Waals surface area contributed by atoms with Crippen LogP contribution in [0.3, 0.4) is 0 Å². The molecule has 0 aliphatic heterocycles. The first-order chi connectivity index (χ1) is 8.63. The molecular formula is C14H17BrClNOS. The van der Waals surface area contributed by atoms with Crippen LogP contribution >= 0.6 is 39.7 Å². The minimum Gasteiger partial charge on any atom is -0.309 e. The molecule has 1 aromatic heterocycles. The van der Waals surface area contributed by atoms with Gasteiger partial charge in [-0.15, -0.1) is 23.7 Å². The van der Waals surface area contributed by atoms with Crippen molar-refractivity contribution in [3.05, 3.63) is 34.7 Å². The van der Waals surface area contributed by atoms with Crippen LogP contribution in [-0.2, 0) is 5.33 Å². The SMILES string of the molecule is CN(C)CCC(=O)c1sc2ccccc2c1CBr.Cl. The van der Waals surface area contributed by atoms with Crippen molar-refractivity contribution in [3.63, 3.8) is 0 Å². The monoisotopic (exact) mass is 361 g/mol. The fourth-order valence-corrected chi connectivity index (χ4v) is 3.85. The minimum absolute atomic E-state index is 0. The normalized spacial score (nSPS) is 10.7. The number of nitrogens with zero attached hydrogens (tertiary/aromatic N) is 1. The molecule has 0 spiro atoms. The van der Waals surface area contributed by atoms with Crippen LogP contribution in [0.15, 0.2) is 24.3 Å². The lowest BCUT2D eigenvalue weighted by molar-refractivity contribution is 0.0976. The van der Waals surface area contributed by atoms with Crippen LogP contribution in [0.4, 0.5) is 0 Å². The summed E-state index contributed by atoms with van der Waals surface area (Å²) in [5.74, 6) is 0.249. The Bertz CT molecular complexity index is 568. The number of halogens is 2. The highest BCUT2D eigenvalue weighted by atomic mass is 79.9. The van der Waals surface area contributed by atoms with Gasteiger partial charge in [0.1, 0.15) is 0 Å². The van der Waals surface area contributed by atoms with Gasteiger partial charge in [-0.2, -0.15) is 0 Å². The quantitative estimate of drug-likeness (QED) is 0.582. The number of thiophene rings is 1. The molecule has 0 aliphatic carbocycles. The molecule has 0 fully saturated rings. The van der Waals surface area contributed by atoms with E-state index in [1.54, 1.807) is 11.3 Å². The molecule has 0 unspecified atom stereocenters. The van der Waals surface area contributed by atoms with Crippen LogP contribution < -0.4 is 0 Å². The van der Waals surface area contributed by atoms with Crippen molar-refractivity contribution in [2.75, 3.05) is 20.6 Å². The Morgan fingerprint density at radius 2 is 2.00 bits per heavy atom. The Hall–Kier alpha value is -0.420. The molecule has 0 aliphatic rings. The highest BCUT2D eigenvalue weighted by Crippen LogP contribution is 2.33. The molecule has 0 N–H and O–H groups in total. The number of hydrogen-bond acceptors (Lipinski definition) is 3. The molecule has 19 heavy (non-hydrogen) atoms. The third kappa shape index (κ3) is 3.78. The van der Waals surface area contributed by atoms with E-state index in [1.165, 1.54) is 10.1 Å². The van der Waals surface area contributed by atoms with E-state index >= 15 is 0 Å². The number of carbonyl (C=O) groups excluding carboxylic acids is 1. The Morgan fingerprint density at radius 3 is 2.63 bits per heavy atom. The average Bonchev–Trinajstić information content (AvgIpc) is 2.74. The molecule has 0 saturated heterocycles. The van der Waals surface area contributed by atoms with Crippen LogP contribution in [0, 0.1) is 0 Å². The van der Waals surface area contributed by atoms with Crippen molar-refractivity contribution in [1.82, 2.24) is 4.90 Å². The zero-order valence-corrected chi connectivity index (χ0v) is 14.2. The van der Waals surface area contributed by atoms with Crippen molar-refractivity contribution < 1.29 is 4.79 Å². The molecule has 1 heterocycles.